The monoisotopic (exact) mass is 302 g/mol. The molecule has 1 saturated heterocycles. The maximum atomic E-state index is 12.5. The van der Waals surface area contributed by atoms with Gasteiger partial charge in [0.25, 0.3) is 0 Å². The van der Waals surface area contributed by atoms with E-state index in [0.29, 0.717) is 13.1 Å². The molecule has 1 aliphatic heterocycles. The standard InChI is InChI=1S/C12H18N2O5S/c1-8-11(6-10(19-8)12(15)16)20(17,18)14-5-4-9(7-14)13(2)3/h6,9H,4-5,7H2,1-3H3,(H,15,16). The Balaban J connectivity index is 2.30. The van der Waals surface area contributed by atoms with Gasteiger partial charge in [-0.1, -0.05) is 0 Å². The number of carboxylic acids is 1. The Morgan fingerprint density at radius 1 is 1.50 bits per heavy atom. The van der Waals surface area contributed by atoms with Gasteiger partial charge in [-0.3, -0.25) is 0 Å². The number of nitrogens with zero attached hydrogens (tertiary/aromatic N) is 2. The summed E-state index contributed by atoms with van der Waals surface area (Å²) in [6, 6.07) is 1.26. The van der Waals surface area contributed by atoms with Crippen LogP contribution in [0.4, 0.5) is 0 Å². The van der Waals surface area contributed by atoms with E-state index < -0.39 is 16.0 Å². The third-order valence-electron chi connectivity index (χ3n) is 3.56. The van der Waals surface area contributed by atoms with Crippen LogP contribution in [0, 0.1) is 6.92 Å². The number of furan rings is 1. The highest BCUT2D eigenvalue weighted by molar-refractivity contribution is 7.89. The largest absolute Gasteiger partial charge is 0.475 e. The molecule has 1 atom stereocenters. The number of sulfonamides is 1. The zero-order chi connectivity index (χ0) is 15.1. The fourth-order valence-corrected chi connectivity index (χ4v) is 3.97. The molecule has 1 aliphatic rings. The number of hydrogen-bond acceptors (Lipinski definition) is 5. The molecule has 2 rings (SSSR count). The summed E-state index contributed by atoms with van der Waals surface area (Å²) in [5.41, 5.74) is 0. The normalized spacial score (nSPS) is 20.7. The Labute approximate surface area is 117 Å². The highest BCUT2D eigenvalue weighted by Gasteiger charge is 2.36. The molecule has 0 amide bonds. The lowest BCUT2D eigenvalue weighted by Gasteiger charge is -2.20. The highest BCUT2D eigenvalue weighted by atomic mass is 32.2. The van der Waals surface area contributed by atoms with Gasteiger partial charge in [-0.25, -0.2) is 13.2 Å². The van der Waals surface area contributed by atoms with E-state index in [1.807, 2.05) is 19.0 Å². The summed E-state index contributed by atoms with van der Waals surface area (Å²) < 4.78 is 31.4. The molecule has 1 N–H and O–H groups in total. The molecule has 0 radical (unpaired) electrons. The summed E-state index contributed by atoms with van der Waals surface area (Å²) in [6.07, 6.45) is 0.759. The van der Waals surface area contributed by atoms with Gasteiger partial charge in [-0.05, 0) is 27.4 Å². The maximum absolute atomic E-state index is 12.5. The van der Waals surface area contributed by atoms with Gasteiger partial charge in [0.1, 0.15) is 10.7 Å². The van der Waals surface area contributed by atoms with E-state index in [1.54, 1.807) is 0 Å². The smallest absolute Gasteiger partial charge is 0.371 e. The fraction of sp³-hybridized carbons (Fsp3) is 0.583. The molecule has 0 bridgehead atoms. The van der Waals surface area contributed by atoms with Crippen molar-refractivity contribution in [3.8, 4) is 0 Å². The zero-order valence-electron chi connectivity index (χ0n) is 11.7. The Hall–Kier alpha value is -1.38. The van der Waals surface area contributed by atoms with Crippen LogP contribution in [0.2, 0.25) is 0 Å². The lowest BCUT2D eigenvalue weighted by Crippen LogP contribution is -2.34. The Morgan fingerprint density at radius 3 is 2.60 bits per heavy atom. The molecular weight excluding hydrogens is 284 g/mol. The van der Waals surface area contributed by atoms with Crippen molar-refractivity contribution in [2.75, 3.05) is 27.2 Å². The predicted octanol–water partition coefficient (Wildman–Crippen LogP) is 0.611. The third-order valence-corrected chi connectivity index (χ3v) is 5.53. The molecule has 1 fully saturated rings. The lowest BCUT2D eigenvalue weighted by atomic mass is 10.2. The number of carbonyl (C=O) groups is 1. The molecule has 112 valence electrons. The van der Waals surface area contributed by atoms with Crippen LogP contribution < -0.4 is 0 Å². The van der Waals surface area contributed by atoms with Crippen LogP contribution in [0.25, 0.3) is 0 Å². The minimum absolute atomic E-state index is 0.0608. The summed E-state index contributed by atoms with van der Waals surface area (Å²) in [4.78, 5) is 12.8. The van der Waals surface area contributed by atoms with E-state index in [-0.39, 0.29) is 22.5 Å². The van der Waals surface area contributed by atoms with E-state index in [1.165, 1.54) is 11.2 Å². The van der Waals surface area contributed by atoms with Crippen LogP contribution in [-0.2, 0) is 10.0 Å². The molecule has 1 unspecified atom stereocenters. The van der Waals surface area contributed by atoms with Gasteiger partial charge in [0, 0.05) is 25.2 Å². The zero-order valence-corrected chi connectivity index (χ0v) is 12.5. The van der Waals surface area contributed by atoms with Crippen molar-refractivity contribution in [2.45, 2.75) is 24.3 Å². The van der Waals surface area contributed by atoms with Crippen LogP contribution >= 0.6 is 0 Å². The van der Waals surface area contributed by atoms with Crippen molar-refractivity contribution >= 4 is 16.0 Å². The van der Waals surface area contributed by atoms with E-state index in [0.717, 1.165) is 12.5 Å². The highest BCUT2D eigenvalue weighted by Crippen LogP contribution is 2.27. The van der Waals surface area contributed by atoms with Crippen molar-refractivity contribution in [1.29, 1.82) is 0 Å². The fourth-order valence-electron chi connectivity index (χ4n) is 2.32. The average molecular weight is 302 g/mol. The maximum Gasteiger partial charge on any atom is 0.371 e. The van der Waals surface area contributed by atoms with Gasteiger partial charge >= 0.3 is 5.97 Å². The number of aryl methyl sites for hydroxylation is 1. The first-order chi connectivity index (χ1) is 9.23. The van der Waals surface area contributed by atoms with Crippen LogP contribution in [0.1, 0.15) is 22.7 Å². The second-order valence-corrected chi connectivity index (χ2v) is 7.01. The second kappa shape index (κ2) is 5.19. The quantitative estimate of drug-likeness (QED) is 0.876. The van der Waals surface area contributed by atoms with E-state index in [4.69, 9.17) is 9.52 Å². The second-order valence-electron chi connectivity index (χ2n) is 5.11. The SMILES string of the molecule is Cc1oc(C(=O)O)cc1S(=O)(=O)N1CCC(N(C)C)C1. The molecule has 1 aromatic heterocycles. The van der Waals surface area contributed by atoms with Crippen molar-refractivity contribution in [3.63, 3.8) is 0 Å². The van der Waals surface area contributed by atoms with E-state index in [2.05, 4.69) is 0 Å². The molecule has 7 nitrogen and oxygen atoms in total. The molecule has 1 aromatic rings. The molecule has 8 heteroatoms. The van der Waals surface area contributed by atoms with Crippen LogP contribution in [-0.4, -0.2) is 61.9 Å². The van der Waals surface area contributed by atoms with E-state index >= 15 is 0 Å². The molecule has 20 heavy (non-hydrogen) atoms. The van der Waals surface area contributed by atoms with Crippen molar-refractivity contribution in [1.82, 2.24) is 9.21 Å². The number of carboxylic acid groups (broad SMARTS) is 1. The predicted molar refractivity (Wildman–Crippen MR) is 71.3 cm³/mol. The summed E-state index contributed by atoms with van der Waals surface area (Å²) in [7, 11) is 0.119. The molecule has 0 aromatic carbocycles. The first-order valence-corrected chi connectivity index (χ1v) is 7.68. The lowest BCUT2D eigenvalue weighted by molar-refractivity contribution is 0.0661. The van der Waals surface area contributed by atoms with Gasteiger partial charge in [0.2, 0.25) is 15.8 Å². The average Bonchev–Trinajstić information content (AvgIpc) is 2.94. The Bertz CT molecular complexity index is 620. The topological polar surface area (TPSA) is 91.1 Å². The van der Waals surface area contributed by atoms with Gasteiger partial charge in [-0.15, -0.1) is 0 Å². The van der Waals surface area contributed by atoms with Crippen LogP contribution in [0.5, 0.6) is 0 Å². The number of rotatable bonds is 4. The summed E-state index contributed by atoms with van der Waals surface area (Å²) in [5, 5.41) is 8.86. The Morgan fingerprint density at radius 2 is 2.15 bits per heavy atom. The van der Waals surface area contributed by atoms with Crippen LogP contribution in [0.15, 0.2) is 15.4 Å². The molecular formula is C12H18N2O5S. The van der Waals surface area contributed by atoms with Gasteiger partial charge in [0.05, 0.1) is 0 Å². The summed E-state index contributed by atoms with van der Waals surface area (Å²) in [6.45, 7) is 2.29. The Kier molecular flexibility index (Phi) is 3.90. The van der Waals surface area contributed by atoms with Crippen molar-refractivity contribution in [2.24, 2.45) is 0 Å². The van der Waals surface area contributed by atoms with E-state index in [9.17, 15) is 13.2 Å². The summed E-state index contributed by atoms with van der Waals surface area (Å²) >= 11 is 0. The number of hydrogen-bond donors (Lipinski definition) is 1. The number of likely N-dealkylation sites (N-methyl/N-ethyl adjacent to an activating group) is 1. The first-order valence-electron chi connectivity index (χ1n) is 6.23. The first kappa shape index (κ1) is 15.0. The van der Waals surface area contributed by atoms with Gasteiger partial charge in [-0.2, -0.15) is 4.31 Å². The van der Waals surface area contributed by atoms with Crippen molar-refractivity contribution in [3.05, 3.63) is 17.6 Å². The number of aromatic carboxylic acids is 1. The minimum atomic E-state index is -3.70. The van der Waals surface area contributed by atoms with Crippen LogP contribution in [0.3, 0.4) is 0 Å². The van der Waals surface area contributed by atoms with Gasteiger partial charge < -0.3 is 14.4 Å². The molecule has 0 saturated carbocycles. The van der Waals surface area contributed by atoms with Gasteiger partial charge in [0.15, 0.2) is 0 Å². The summed E-state index contributed by atoms with van der Waals surface area (Å²) in [5.74, 6) is -1.53. The third kappa shape index (κ3) is 2.58. The minimum Gasteiger partial charge on any atom is -0.475 e. The molecule has 0 aliphatic carbocycles. The molecule has 0 spiro atoms. The molecule has 2 heterocycles. The van der Waals surface area contributed by atoms with Crippen molar-refractivity contribution < 1.29 is 22.7 Å².